The van der Waals surface area contributed by atoms with Crippen molar-refractivity contribution in [3.63, 3.8) is 0 Å². The van der Waals surface area contributed by atoms with Crippen molar-refractivity contribution in [2.24, 2.45) is 0 Å². The van der Waals surface area contributed by atoms with Crippen molar-refractivity contribution in [2.75, 3.05) is 0 Å². The summed E-state index contributed by atoms with van der Waals surface area (Å²) in [4.78, 5) is 9.76. The number of carboxylic acids is 1. The highest BCUT2D eigenvalue weighted by Crippen LogP contribution is 1.99. The second kappa shape index (κ2) is 3.90. The van der Waals surface area contributed by atoms with E-state index in [2.05, 4.69) is 5.92 Å². The molecule has 0 rings (SSSR count). The molecular formula is C6H7FO2. The van der Waals surface area contributed by atoms with Crippen LogP contribution in [0.4, 0.5) is 4.39 Å². The van der Waals surface area contributed by atoms with Gasteiger partial charge in [-0.1, -0.05) is 0 Å². The molecule has 0 aromatic heterocycles. The summed E-state index contributed by atoms with van der Waals surface area (Å²) in [5.74, 6) is 0.711. The molecule has 0 fully saturated rings. The number of hydrogen-bond acceptors (Lipinski definition) is 1. The summed E-state index contributed by atoms with van der Waals surface area (Å²) < 4.78 is 12.0. The van der Waals surface area contributed by atoms with Gasteiger partial charge in [0.1, 0.15) is 0 Å². The molecule has 0 amide bonds. The quantitative estimate of drug-likeness (QED) is 0.574. The van der Waals surface area contributed by atoms with Gasteiger partial charge in [-0.2, -0.15) is 0 Å². The van der Waals surface area contributed by atoms with Crippen molar-refractivity contribution in [3.8, 4) is 12.3 Å². The number of aliphatic carboxylic acids is 1. The zero-order chi connectivity index (χ0) is 7.28. The molecule has 9 heavy (non-hydrogen) atoms. The fraction of sp³-hybridized carbons (Fsp3) is 0.500. The monoisotopic (exact) mass is 130 g/mol. The van der Waals surface area contributed by atoms with Gasteiger partial charge in [-0.3, -0.25) is 0 Å². The lowest BCUT2D eigenvalue weighted by Gasteiger charge is -1.95. The maximum Gasteiger partial charge on any atom is 0.338 e. The lowest BCUT2D eigenvalue weighted by molar-refractivity contribution is -0.142. The van der Waals surface area contributed by atoms with Crippen LogP contribution in [-0.2, 0) is 4.79 Å². The SMILES string of the molecule is C#CCC[C@@H](F)C(=O)O. The largest absolute Gasteiger partial charge is 0.479 e. The maximum atomic E-state index is 12.0. The van der Waals surface area contributed by atoms with Gasteiger partial charge in [0, 0.05) is 12.8 Å². The van der Waals surface area contributed by atoms with Crippen LogP contribution in [0.5, 0.6) is 0 Å². The highest BCUT2D eigenvalue weighted by atomic mass is 19.1. The Morgan fingerprint density at radius 1 is 1.89 bits per heavy atom. The van der Waals surface area contributed by atoms with E-state index < -0.39 is 12.1 Å². The predicted molar refractivity (Wildman–Crippen MR) is 30.6 cm³/mol. The Morgan fingerprint density at radius 3 is 2.78 bits per heavy atom. The van der Waals surface area contributed by atoms with Crippen molar-refractivity contribution in [3.05, 3.63) is 0 Å². The van der Waals surface area contributed by atoms with E-state index in [0.717, 1.165) is 0 Å². The first-order chi connectivity index (χ1) is 4.18. The molecule has 50 valence electrons. The summed E-state index contributed by atoms with van der Waals surface area (Å²) in [5, 5.41) is 7.97. The average molecular weight is 130 g/mol. The molecule has 0 saturated heterocycles. The summed E-state index contributed by atoms with van der Waals surface area (Å²) >= 11 is 0. The lowest BCUT2D eigenvalue weighted by atomic mass is 10.2. The van der Waals surface area contributed by atoms with Gasteiger partial charge >= 0.3 is 5.97 Å². The van der Waals surface area contributed by atoms with Crippen LogP contribution in [0.1, 0.15) is 12.8 Å². The zero-order valence-corrected chi connectivity index (χ0v) is 4.80. The number of halogens is 1. The van der Waals surface area contributed by atoms with Gasteiger partial charge in [0.2, 0.25) is 0 Å². The normalized spacial score (nSPS) is 12.0. The Morgan fingerprint density at radius 2 is 2.44 bits per heavy atom. The van der Waals surface area contributed by atoms with Crippen molar-refractivity contribution >= 4 is 5.97 Å². The van der Waals surface area contributed by atoms with Crippen molar-refractivity contribution in [1.29, 1.82) is 0 Å². The maximum absolute atomic E-state index is 12.0. The Hall–Kier alpha value is -1.04. The third kappa shape index (κ3) is 3.53. The standard InChI is InChI=1S/C6H7FO2/c1-2-3-4-5(7)6(8)9/h1,5H,3-4H2,(H,8,9)/t5-/m1/s1. The highest BCUT2D eigenvalue weighted by molar-refractivity contribution is 5.71. The van der Waals surface area contributed by atoms with Gasteiger partial charge < -0.3 is 5.11 Å². The molecule has 0 aliphatic rings. The molecule has 0 aromatic rings. The molecule has 0 aliphatic carbocycles. The van der Waals surface area contributed by atoms with Gasteiger partial charge in [0.05, 0.1) is 0 Å². The van der Waals surface area contributed by atoms with Gasteiger partial charge in [0.25, 0.3) is 0 Å². The summed E-state index contributed by atoms with van der Waals surface area (Å²) in [6, 6.07) is 0. The van der Waals surface area contributed by atoms with E-state index >= 15 is 0 Å². The van der Waals surface area contributed by atoms with Crippen LogP contribution in [-0.4, -0.2) is 17.2 Å². The third-order valence-corrected chi connectivity index (χ3v) is 0.810. The van der Waals surface area contributed by atoms with Crippen LogP contribution in [0, 0.1) is 12.3 Å². The number of carbonyl (C=O) groups is 1. The first kappa shape index (κ1) is 7.96. The van der Waals surface area contributed by atoms with E-state index in [4.69, 9.17) is 11.5 Å². The summed E-state index contributed by atoms with van der Waals surface area (Å²) in [6.45, 7) is 0. The van der Waals surface area contributed by atoms with Crippen LogP contribution in [0.15, 0.2) is 0 Å². The minimum Gasteiger partial charge on any atom is -0.479 e. The first-order valence-electron chi connectivity index (χ1n) is 2.49. The molecule has 3 heteroatoms. The number of rotatable bonds is 3. The Bertz CT molecular complexity index is 136. The Labute approximate surface area is 52.7 Å². The minimum atomic E-state index is -1.80. The predicted octanol–water partition coefficient (Wildman–Crippen LogP) is 0.823. The fourth-order valence-electron chi connectivity index (χ4n) is 0.334. The van der Waals surface area contributed by atoms with E-state index in [1.807, 2.05) is 0 Å². The van der Waals surface area contributed by atoms with Crippen LogP contribution < -0.4 is 0 Å². The van der Waals surface area contributed by atoms with E-state index in [0.29, 0.717) is 0 Å². The molecular weight excluding hydrogens is 123 g/mol. The minimum absolute atomic E-state index is 0.0914. The van der Waals surface area contributed by atoms with Crippen LogP contribution in [0.25, 0.3) is 0 Å². The highest BCUT2D eigenvalue weighted by Gasteiger charge is 2.13. The van der Waals surface area contributed by atoms with Crippen LogP contribution in [0.2, 0.25) is 0 Å². The average Bonchev–Trinajstić information content (AvgIpc) is 1.82. The molecule has 0 unspecified atom stereocenters. The second-order valence-electron chi connectivity index (χ2n) is 1.55. The molecule has 0 aliphatic heterocycles. The molecule has 0 aromatic carbocycles. The van der Waals surface area contributed by atoms with Crippen molar-refractivity contribution in [1.82, 2.24) is 0 Å². The second-order valence-corrected chi connectivity index (χ2v) is 1.55. The van der Waals surface area contributed by atoms with E-state index in [1.54, 1.807) is 0 Å². The summed E-state index contributed by atoms with van der Waals surface area (Å²) in [5.41, 5.74) is 0. The van der Waals surface area contributed by atoms with Gasteiger partial charge in [-0.15, -0.1) is 12.3 Å². The Kier molecular flexibility index (Phi) is 3.45. The van der Waals surface area contributed by atoms with Crippen molar-refractivity contribution in [2.45, 2.75) is 19.0 Å². The van der Waals surface area contributed by atoms with Crippen molar-refractivity contribution < 1.29 is 14.3 Å². The molecule has 0 saturated carbocycles. The molecule has 0 heterocycles. The summed E-state index contributed by atoms with van der Waals surface area (Å²) in [7, 11) is 0. The molecule has 0 radical (unpaired) electrons. The van der Waals surface area contributed by atoms with Crippen LogP contribution in [0.3, 0.4) is 0 Å². The number of carboxylic acid groups (broad SMARTS) is 1. The smallest absolute Gasteiger partial charge is 0.338 e. The van der Waals surface area contributed by atoms with Gasteiger partial charge in [-0.05, 0) is 0 Å². The summed E-state index contributed by atoms with van der Waals surface area (Å²) in [6.07, 6.45) is 3.05. The van der Waals surface area contributed by atoms with Gasteiger partial charge in [0.15, 0.2) is 6.17 Å². The molecule has 0 spiro atoms. The van der Waals surface area contributed by atoms with E-state index in [-0.39, 0.29) is 12.8 Å². The van der Waals surface area contributed by atoms with E-state index in [1.165, 1.54) is 0 Å². The lowest BCUT2D eigenvalue weighted by Crippen LogP contribution is -2.13. The third-order valence-electron chi connectivity index (χ3n) is 0.810. The zero-order valence-electron chi connectivity index (χ0n) is 4.80. The van der Waals surface area contributed by atoms with E-state index in [9.17, 15) is 9.18 Å². The Balaban J connectivity index is 3.41. The number of hydrogen-bond donors (Lipinski definition) is 1. The molecule has 1 atom stereocenters. The van der Waals surface area contributed by atoms with Gasteiger partial charge in [-0.25, -0.2) is 9.18 Å². The number of alkyl halides is 1. The first-order valence-corrected chi connectivity index (χ1v) is 2.49. The molecule has 2 nitrogen and oxygen atoms in total. The van der Waals surface area contributed by atoms with Crippen LogP contribution >= 0.6 is 0 Å². The molecule has 1 N–H and O–H groups in total. The number of terminal acetylenes is 1. The molecule has 0 bridgehead atoms. The topological polar surface area (TPSA) is 37.3 Å². The fourth-order valence-corrected chi connectivity index (χ4v) is 0.334.